The fourth-order valence-corrected chi connectivity index (χ4v) is 4.26. The number of nitrogens with zero attached hydrogens (tertiary/aromatic N) is 5. The zero-order chi connectivity index (χ0) is 24.4. The van der Waals surface area contributed by atoms with E-state index in [1.54, 1.807) is 23.9 Å². The summed E-state index contributed by atoms with van der Waals surface area (Å²) in [4.78, 5) is 0. The molecule has 2 aromatic carbocycles. The van der Waals surface area contributed by atoms with Gasteiger partial charge in [-0.25, -0.2) is 9.07 Å². The number of benzene rings is 2. The Labute approximate surface area is 208 Å². The van der Waals surface area contributed by atoms with Crippen molar-refractivity contribution in [3.8, 4) is 11.4 Å². The molecule has 0 bridgehead atoms. The Kier molecular flexibility index (Phi) is 6.83. The first-order valence-electron chi connectivity index (χ1n) is 11.7. The number of methoxy groups -OCH3 is 1. The largest absolute Gasteiger partial charge is 0.497 e. The lowest BCUT2D eigenvalue weighted by Crippen LogP contribution is -2.10. The second-order valence-electron chi connectivity index (χ2n) is 8.93. The second kappa shape index (κ2) is 10.2. The number of rotatable bonds is 10. The van der Waals surface area contributed by atoms with Crippen LogP contribution in [0.2, 0.25) is 5.15 Å². The number of aromatic nitrogens is 5. The highest BCUT2D eigenvalue weighted by Gasteiger charge is 2.23. The summed E-state index contributed by atoms with van der Waals surface area (Å²) >= 11 is 6.30. The third kappa shape index (κ3) is 5.71. The number of ether oxygens (including phenoxy) is 2. The van der Waals surface area contributed by atoms with Crippen molar-refractivity contribution < 1.29 is 13.9 Å². The summed E-state index contributed by atoms with van der Waals surface area (Å²) in [5, 5.41) is 13.4. The highest BCUT2D eigenvalue weighted by Crippen LogP contribution is 2.31. The molecule has 2 heterocycles. The van der Waals surface area contributed by atoms with Gasteiger partial charge in [0.25, 0.3) is 0 Å². The van der Waals surface area contributed by atoms with Crippen LogP contribution in [0.4, 0.5) is 4.39 Å². The van der Waals surface area contributed by atoms with E-state index in [9.17, 15) is 4.39 Å². The maximum atomic E-state index is 14.3. The zero-order valence-electron chi connectivity index (χ0n) is 19.7. The Morgan fingerprint density at radius 3 is 2.69 bits per heavy atom. The van der Waals surface area contributed by atoms with E-state index in [-0.39, 0.29) is 5.82 Å². The quantitative estimate of drug-likeness (QED) is 0.289. The summed E-state index contributed by atoms with van der Waals surface area (Å²) in [5.74, 6) is 1.15. The van der Waals surface area contributed by atoms with Crippen molar-refractivity contribution in [1.82, 2.24) is 24.8 Å². The van der Waals surface area contributed by atoms with Crippen LogP contribution < -0.4 is 4.74 Å². The third-order valence-corrected chi connectivity index (χ3v) is 6.34. The molecule has 0 saturated heterocycles. The summed E-state index contributed by atoms with van der Waals surface area (Å²) in [7, 11) is 1.63. The lowest BCUT2D eigenvalue weighted by Gasteiger charge is -2.19. The van der Waals surface area contributed by atoms with Gasteiger partial charge in [0.1, 0.15) is 11.6 Å². The van der Waals surface area contributed by atoms with Gasteiger partial charge in [0.05, 0.1) is 36.9 Å². The van der Waals surface area contributed by atoms with Gasteiger partial charge in [-0.3, -0.25) is 4.68 Å². The maximum absolute atomic E-state index is 14.3. The molecule has 1 unspecified atom stereocenters. The molecule has 0 N–H and O–H groups in total. The molecule has 1 aliphatic rings. The summed E-state index contributed by atoms with van der Waals surface area (Å²) in [5.41, 5.74) is 4.05. The van der Waals surface area contributed by atoms with Crippen molar-refractivity contribution in [1.29, 1.82) is 0 Å². The maximum Gasteiger partial charge on any atom is 0.151 e. The van der Waals surface area contributed by atoms with Crippen LogP contribution in [-0.4, -0.2) is 31.9 Å². The molecule has 1 atom stereocenters. The van der Waals surface area contributed by atoms with E-state index in [4.69, 9.17) is 21.1 Å². The minimum Gasteiger partial charge on any atom is -0.497 e. The highest BCUT2D eigenvalue weighted by molar-refractivity contribution is 6.29. The van der Waals surface area contributed by atoms with Gasteiger partial charge in [0.2, 0.25) is 0 Å². The van der Waals surface area contributed by atoms with Gasteiger partial charge in [-0.15, -0.1) is 5.10 Å². The lowest BCUT2D eigenvalue weighted by atomic mass is 10.1. The van der Waals surface area contributed by atoms with Gasteiger partial charge >= 0.3 is 0 Å². The first-order valence-corrected chi connectivity index (χ1v) is 12.0. The van der Waals surface area contributed by atoms with Crippen LogP contribution in [-0.2, 0) is 24.3 Å². The van der Waals surface area contributed by atoms with Crippen LogP contribution in [0.3, 0.4) is 0 Å². The van der Waals surface area contributed by atoms with E-state index in [0.29, 0.717) is 35.3 Å². The predicted molar refractivity (Wildman–Crippen MR) is 130 cm³/mol. The SMILES string of the molecule is COc1ccc(COC(C)c2cc(F)ccc2-n2nc(Cl)cc2Cc2cn(CC3CC3)nn2)cc1. The van der Waals surface area contributed by atoms with Gasteiger partial charge in [-0.05, 0) is 67.6 Å². The monoisotopic (exact) mass is 495 g/mol. The Morgan fingerprint density at radius 2 is 1.94 bits per heavy atom. The molecular formula is C26H27ClFN5O2. The van der Waals surface area contributed by atoms with Crippen LogP contribution in [0.5, 0.6) is 5.75 Å². The van der Waals surface area contributed by atoms with Crippen molar-refractivity contribution in [2.24, 2.45) is 5.92 Å². The molecule has 9 heteroatoms. The van der Waals surface area contributed by atoms with E-state index < -0.39 is 6.10 Å². The Balaban J connectivity index is 1.37. The molecule has 2 aromatic heterocycles. The predicted octanol–water partition coefficient (Wildman–Crippen LogP) is 5.54. The summed E-state index contributed by atoms with van der Waals surface area (Å²) < 4.78 is 29.2. The first kappa shape index (κ1) is 23.5. The summed E-state index contributed by atoms with van der Waals surface area (Å²) in [6.45, 7) is 3.17. The van der Waals surface area contributed by atoms with Crippen molar-refractivity contribution in [3.63, 3.8) is 0 Å². The molecule has 0 amide bonds. The van der Waals surface area contributed by atoms with Gasteiger partial charge in [-0.1, -0.05) is 28.9 Å². The molecule has 1 saturated carbocycles. The minimum atomic E-state index is -0.391. The topological polar surface area (TPSA) is 67.0 Å². The van der Waals surface area contributed by atoms with Gasteiger partial charge in [-0.2, -0.15) is 5.10 Å². The van der Waals surface area contributed by atoms with Crippen molar-refractivity contribution in [3.05, 3.63) is 88.2 Å². The van der Waals surface area contributed by atoms with E-state index in [1.165, 1.54) is 25.0 Å². The average molecular weight is 496 g/mol. The molecule has 0 radical (unpaired) electrons. The Morgan fingerprint density at radius 1 is 1.14 bits per heavy atom. The molecule has 4 aromatic rings. The van der Waals surface area contributed by atoms with Crippen molar-refractivity contribution >= 4 is 11.6 Å². The van der Waals surface area contributed by atoms with Gasteiger partial charge in [0.15, 0.2) is 5.15 Å². The highest BCUT2D eigenvalue weighted by atomic mass is 35.5. The van der Waals surface area contributed by atoms with Crippen LogP contribution in [0, 0.1) is 11.7 Å². The molecule has 7 nitrogen and oxygen atoms in total. The van der Waals surface area contributed by atoms with Crippen LogP contribution in [0.1, 0.15) is 48.4 Å². The Hall–Kier alpha value is -3.23. The smallest absolute Gasteiger partial charge is 0.151 e. The number of halogens is 2. The molecule has 182 valence electrons. The normalized spacial score (nSPS) is 14.3. The fourth-order valence-electron chi connectivity index (χ4n) is 4.06. The zero-order valence-corrected chi connectivity index (χ0v) is 20.5. The molecular weight excluding hydrogens is 469 g/mol. The first-order chi connectivity index (χ1) is 17.0. The molecule has 5 rings (SSSR count). The molecule has 0 spiro atoms. The summed E-state index contributed by atoms with van der Waals surface area (Å²) in [6, 6.07) is 14.1. The minimum absolute atomic E-state index is 0.341. The average Bonchev–Trinajstić information content (AvgIpc) is 3.45. The molecule has 1 aliphatic carbocycles. The van der Waals surface area contributed by atoms with Crippen LogP contribution in [0.25, 0.3) is 5.69 Å². The fraction of sp³-hybridized carbons (Fsp3) is 0.346. The van der Waals surface area contributed by atoms with Crippen LogP contribution in [0.15, 0.2) is 54.7 Å². The Bertz CT molecular complexity index is 1300. The van der Waals surface area contributed by atoms with E-state index >= 15 is 0 Å². The van der Waals surface area contributed by atoms with Gasteiger partial charge in [0, 0.05) is 24.7 Å². The van der Waals surface area contributed by atoms with Crippen molar-refractivity contribution in [2.75, 3.05) is 7.11 Å². The molecule has 0 aliphatic heterocycles. The lowest BCUT2D eigenvalue weighted by molar-refractivity contribution is 0.0522. The molecule has 35 heavy (non-hydrogen) atoms. The van der Waals surface area contributed by atoms with E-state index in [1.807, 2.05) is 42.1 Å². The number of hydrogen-bond donors (Lipinski definition) is 0. The summed E-state index contributed by atoms with van der Waals surface area (Å²) in [6.07, 6.45) is 4.59. The van der Waals surface area contributed by atoms with E-state index in [2.05, 4.69) is 15.4 Å². The van der Waals surface area contributed by atoms with Gasteiger partial charge < -0.3 is 9.47 Å². The number of hydrogen-bond acceptors (Lipinski definition) is 5. The third-order valence-electron chi connectivity index (χ3n) is 6.16. The van der Waals surface area contributed by atoms with Crippen molar-refractivity contribution in [2.45, 2.75) is 45.4 Å². The van der Waals surface area contributed by atoms with E-state index in [0.717, 1.165) is 29.2 Å². The molecule has 1 fully saturated rings. The van der Waals surface area contributed by atoms with Crippen LogP contribution >= 0.6 is 11.6 Å². The standard InChI is InChI=1S/C26H27ClFN5O2/c1-17(35-16-19-5-8-23(34-2)9-6-19)24-11-20(28)7-10-25(24)33-22(13-26(27)30-33)12-21-15-32(31-29-21)14-18-3-4-18/h5-11,13,15,17-18H,3-4,12,14,16H2,1-2H3. The second-order valence-corrected chi connectivity index (χ2v) is 9.31.